The molecule has 134 valence electrons. The molecule has 1 aliphatic carbocycles. The largest absolute Gasteiger partial charge is 0.351 e. The molecule has 26 heavy (non-hydrogen) atoms. The predicted molar refractivity (Wildman–Crippen MR) is 94.3 cm³/mol. The van der Waals surface area contributed by atoms with Gasteiger partial charge in [-0.2, -0.15) is 0 Å². The van der Waals surface area contributed by atoms with Crippen LogP contribution in [0.2, 0.25) is 0 Å². The van der Waals surface area contributed by atoms with Crippen LogP contribution in [0.25, 0.3) is 0 Å². The zero-order valence-electron chi connectivity index (χ0n) is 14.2. The maximum absolute atomic E-state index is 12.6. The Labute approximate surface area is 150 Å². The van der Waals surface area contributed by atoms with Crippen LogP contribution in [0, 0.1) is 5.92 Å². The first-order valence-corrected chi connectivity index (χ1v) is 8.82. The van der Waals surface area contributed by atoms with Crippen molar-refractivity contribution in [3.8, 4) is 0 Å². The first kappa shape index (κ1) is 16.5. The second kappa shape index (κ2) is 6.74. The number of hydrogen-bond donors (Lipinski definition) is 2. The average molecular weight is 352 g/mol. The SMILES string of the molecule is O=C(NC[C@@H]1CC(=O)N(C2CC2)[C@H]1c1cccnc1)c1ccc[nH]c1=O. The number of H-pyrrole nitrogens is 1. The van der Waals surface area contributed by atoms with Crippen LogP contribution in [-0.4, -0.2) is 39.3 Å². The Balaban J connectivity index is 1.53. The van der Waals surface area contributed by atoms with E-state index in [2.05, 4.69) is 15.3 Å². The standard InChI is InChI=1S/C19H20N4O3/c24-16-9-13(11-22-19(26)15-4-2-8-21-18(15)25)17(23(16)14-5-6-14)12-3-1-7-20-10-12/h1-4,7-8,10,13-14,17H,5-6,9,11H2,(H,21,25)(H,22,26)/t13-,17-/m0/s1. The van der Waals surface area contributed by atoms with E-state index >= 15 is 0 Å². The molecule has 2 aromatic heterocycles. The lowest BCUT2D eigenvalue weighted by molar-refractivity contribution is -0.129. The van der Waals surface area contributed by atoms with E-state index in [0.717, 1.165) is 18.4 Å². The van der Waals surface area contributed by atoms with E-state index < -0.39 is 11.5 Å². The van der Waals surface area contributed by atoms with Crippen molar-refractivity contribution in [2.24, 2.45) is 5.92 Å². The minimum Gasteiger partial charge on any atom is -0.351 e. The number of likely N-dealkylation sites (tertiary alicyclic amines) is 1. The van der Waals surface area contributed by atoms with Gasteiger partial charge in [-0.3, -0.25) is 19.4 Å². The number of aromatic nitrogens is 2. The van der Waals surface area contributed by atoms with E-state index in [-0.39, 0.29) is 23.4 Å². The average Bonchev–Trinajstić information content (AvgIpc) is 3.43. The number of carbonyl (C=O) groups is 2. The number of nitrogens with zero attached hydrogens (tertiary/aromatic N) is 2. The summed E-state index contributed by atoms with van der Waals surface area (Å²) >= 11 is 0. The Morgan fingerprint density at radius 1 is 1.27 bits per heavy atom. The molecule has 0 unspecified atom stereocenters. The van der Waals surface area contributed by atoms with Crippen molar-refractivity contribution in [2.45, 2.75) is 31.3 Å². The van der Waals surface area contributed by atoms with Crippen molar-refractivity contribution < 1.29 is 9.59 Å². The van der Waals surface area contributed by atoms with Gasteiger partial charge in [0.25, 0.3) is 11.5 Å². The van der Waals surface area contributed by atoms with E-state index in [4.69, 9.17) is 0 Å². The number of rotatable bonds is 5. The molecule has 1 saturated heterocycles. The Bertz CT molecular complexity index is 876. The molecule has 0 spiro atoms. The van der Waals surface area contributed by atoms with Crippen LogP contribution in [0.1, 0.15) is 41.2 Å². The molecule has 2 N–H and O–H groups in total. The monoisotopic (exact) mass is 352 g/mol. The molecule has 2 fully saturated rings. The van der Waals surface area contributed by atoms with Crippen molar-refractivity contribution in [2.75, 3.05) is 6.54 Å². The fraction of sp³-hybridized carbons (Fsp3) is 0.368. The van der Waals surface area contributed by atoms with Gasteiger partial charge in [-0.1, -0.05) is 6.07 Å². The first-order chi connectivity index (χ1) is 12.6. The van der Waals surface area contributed by atoms with E-state index in [9.17, 15) is 14.4 Å². The summed E-state index contributed by atoms with van der Waals surface area (Å²) in [4.78, 5) is 45.3. The smallest absolute Gasteiger partial charge is 0.260 e. The summed E-state index contributed by atoms with van der Waals surface area (Å²) in [5.41, 5.74) is 0.645. The minimum atomic E-state index is -0.422. The van der Waals surface area contributed by atoms with Crippen LogP contribution in [0.15, 0.2) is 47.7 Å². The van der Waals surface area contributed by atoms with Gasteiger partial charge in [0, 0.05) is 43.5 Å². The van der Waals surface area contributed by atoms with Crippen LogP contribution in [0.4, 0.5) is 0 Å². The van der Waals surface area contributed by atoms with Gasteiger partial charge in [0.05, 0.1) is 6.04 Å². The van der Waals surface area contributed by atoms with Gasteiger partial charge in [-0.25, -0.2) is 0 Å². The number of carbonyl (C=O) groups excluding carboxylic acids is 2. The molecule has 7 nitrogen and oxygen atoms in total. The van der Waals surface area contributed by atoms with Gasteiger partial charge in [-0.05, 0) is 36.6 Å². The summed E-state index contributed by atoms with van der Waals surface area (Å²) in [5.74, 6) is -0.341. The number of pyridine rings is 2. The third kappa shape index (κ3) is 3.12. The molecule has 0 bridgehead atoms. The van der Waals surface area contributed by atoms with Gasteiger partial charge in [0.1, 0.15) is 5.56 Å². The predicted octanol–water partition coefficient (Wildman–Crippen LogP) is 1.25. The van der Waals surface area contributed by atoms with E-state index in [1.54, 1.807) is 18.5 Å². The van der Waals surface area contributed by atoms with Crippen LogP contribution < -0.4 is 10.9 Å². The number of nitrogens with one attached hydrogen (secondary N) is 2. The molecule has 0 radical (unpaired) electrons. The van der Waals surface area contributed by atoms with Crippen molar-refractivity contribution in [1.82, 2.24) is 20.2 Å². The van der Waals surface area contributed by atoms with Crippen molar-refractivity contribution in [1.29, 1.82) is 0 Å². The molecule has 1 aliphatic heterocycles. The normalized spacial score (nSPS) is 22.5. The van der Waals surface area contributed by atoms with Gasteiger partial charge >= 0.3 is 0 Å². The summed E-state index contributed by atoms with van der Waals surface area (Å²) < 4.78 is 0. The second-order valence-corrected chi connectivity index (χ2v) is 6.85. The van der Waals surface area contributed by atoms with Crippen LogP contribution in [0.5, 0.6) is 0 Å². The molecule has 0 aromatic carbocycles. The third-order valence-electron chi connectivity index (χ3n) is 5.02. The summed E-state index contributed by atoms with van der Waals surface area (Å²) in [6, 6.07) is 7.15. The lowest BCUT2D eigenvalue weighted by Gasteiger charge is -2.28. The molecule has 4 rings (SSSR count). The van der Waals surface area contributed by atoms with Crippen LogP contribution in [0.3, 0.4) is 0 Å². The van der Waals surface area contributed by atoms with Gasteiger partial charge in [-0.15, -0.1) is 0 Å². The van der Waals surface area contributed by atoms with E-state index in [1.165, 1.54) is 12.3 Å². The lowest BCUT2D eigenvalue weighted by atomic mass is 9.94. The highest BCUT2D eigenvalue weighted by atomic mass is 16.2. The summed E-state index contributed by atoms with van der Waals surface area (Å²) in [6.45, 7) is 0.335. The highest BCUT2D eigenvalue weighted by Gasteiger charge is 2.47. The van der Waals surface area contributed by atoms with Gasteiger partial charge in [0.15, 0.2) is 0 Å². The molecule has 2 aromatic rings. The molecule has 3 heterocycles. The Morgan fingerprint density at radius 3 is 2.81 bits per heavy atom. The molecule has 2 atom stereocenters. The van der Waals surface area contributed by atoms with Crippen molar-refractivity contribution in [3.05, 3.63) is 64.3 Å². The second-order valence-electron chi connectivity index (χ2n) is 6.85. The third-order valence-corrected chi connectivity index (χ3v) is 5.02. The number of aromatic amines is 1. The molecule has 1 saturated carbocycles. The molecule has 7 heteroatoms. The zero-order valence-corrected chi connectivity index (χ0v) is 14.2. The minimum absolute atomic E-state index is 0.0426. The zero-order chi connectivity index (χ0) is 18.1. The highest BCUT2D eigenvalue weighted by Crippen LogP contribution is 2.44. The first-order valence-electron chi connectivity index (χ1n) is 8.82. The summed E-state index contributed by atoms with van der Waals surface area (Å²) in [7, 11) is 0. The van der Waals surface area contributed by atoms with Crippen molar-refractivity contribution in [3.63, 3.8) is 0 Å². The van der Waals surface area contributed by atoms with E-state index in [1.807, 2.05) is 17.0 Å². The topological polar surface area (TPSA) is 95.2 Å². The van der Waals surface area contributed by atoms with Crippen LogP contribution >= 0.6 is 0 Å². The van der Waals surface area contributed by atoms with Crippen LogP contribution in [-0.2, 0) is 4.79 Å². The Kier molecular flexibility index (Phi) is 4.28. The summed E-state index contributed by atoms with van der Waals surface area (Å²) in [6.07, 6.45) is 7.43. The Hall–Kier alpha value is -2.96. The number of amides is 2. The highest BCUT2D eigenvalue weighted by molar-refractivity contribution is 5.93. The number of hydrogen-bond acceptors (Lipinski definition) is 4. The fourth-order valence-corrected chi connectivity index (χ4v) is 3.69. The molecule has 2 amide bonds. The molecule has 2 aliphatic rings. The quantitative estimate of drug-likeness (QED) is 0.847. The maximum Gasteiger partial charge on any atom is 0.260 e. The van der Waals surface area contributed by atoms with E-state index in [0.29, 0.717) is 19.0 Å². The maximum atomic E-state index is 12.6. The Morgan fingerprint density at radius 2 is 2.12 bits per heavy atom. The van der Waals surface area contributed by atoms with Crippen molar-refractivity contribution >= 4 is 11.8 Å². The lowest BCUT2D eigenvalue weighted by Crippen LogP contribution is -2.36. The molecular formula is C19H20N4O3. The summed E-state index contributed by atoms with van der Waals surface area (Å²) in [5, 5.41) is 2.82. The molecular weight excluding hydrogens is 332 g/mol. The fourth-order valence-electron chi connectivity index (χ4n) is 3.69. The van der Waals surface area contributed by atoms with Gasteiger partial charge in [0.2, 0.25) is 5.91 Å². The van der Waals surface area contributed by atoms with Gasteiger partial charge < -0.3 is 15.2 Å².